The van der Waals surface area contributed by atoms with E-state index in [1.165, 1.54) is 32.1 Å². The molecule has 0 bridgehead atoms. The molecule has 2 rings (SSSR count). The molecule has 1 aliphatic rings. The molecule has 2 atom stereocenters. The molecule has 2 unspecified atom stereocenters. The molecule has 4 heteroatoms. The van der Waals surface area contributed by atoms with E-state index >= 15 is 0 Å². The Morgan fingerprint density at radius 1 is 1.45 bits per heavy atom. The van der Waals surface area contributed by atoms with Crippen molar-refractivity contribution < 1.29 is 4.79 Å². The van der Waals surface area contributed by atoms with Crippen LogP contribution in [0.3, 0.4) is 0 Å². The van der Waals surface area contributed by atoms with Gasteiger partial charge in [0.1, 0.15) is 0 Å². The first kappa shape index (κ1) is 15.0. The van der Waals surface area contributed by atoms with Gasteiger partial charge in [-0.05, 0) is 30.9 Å². The van der Waals surface area contributed by atoms with Gasteiger partial charge in [-0.2, -0.15) is 0 Å². The standard InChI is InChI=1S/C16H25N3O/c1-12(14-8-5-9-18-11-14)19-16(20)15(17)10-13-6-3-2-4-7-13/h5,8-9,11-13,15H,2-4,6-7,10,17H2,1H3,(H,19,20). The van der Waals surface area contributed by atoms with Gasteiger partial charge >= 0.3 is 0 Å². The van der Waals surface area contributed by atoms with Crippen LogP contribution in [0, 0.1) is 5.92 Å². The highest BCUT2D eigenvalue weighted by molar-refractivity contribution is 5.81. The second-order valence-corrected chi connectivity index (χ2v) is 5.86. The number of nitrogens with zero attached hydrogens (tertiary/aromatic N) is 1. The second-order valence-electron chi connectivity index (χ2n) is 5.86. The Labute approximate surface area is 121 Å². The van der Waals surface area contributed by atoms with E-state index in [4.69, 9.17) is 5.73 Å². The quantitative estimate of drug-likeness (QED) is 0.867. The predicted molar refractivity (Wildman–Crippen MR) is 80.0 cm³/mol. The lowest BCUT2D eigenvalue weighted by Crippen LogP contribution is -2.42. The Morgan fingerprint density at radius 2 is 2.20 bits per heavy atom. The molecule has 1 amide bonds. The summed E-state index contributed by atoms with van der Waals surface area (Å²) >= 11 is 0. The van der Waals surface area contributed by atoms with Gasteiger partial charge in [-0.3, -0.25) is 9.78 Å². The first-order chi connectivity index (χ1) is 9.66. The van der Waals surface area contributed by atoms with Crippen molar-refractivity contribution in [1.82, 2.24) is 10.3 Å². The summed E-state index contributed by atoms with van der Waals surface area (Å²) in [6.07, 6.45) is 10.7. The lowest BCUT2D eigenvalue weighted by molar-refractivity contribution is -0.123. The van der Waals surface area contributed by atoms with Crippen molar-refractivity contribution in [2.45, 2.75) is 57.5 Å². The number of rotatable bonds is 5. The molecule has 0 saturated heterocycles. The number of carbonyl (C=O) groups is 1. The number of pyridine rings is 1. The highest BCUT2D eigenvalue weighted by Gasteiger charge is 2.22. The van der Waals surface area contributed by atoms with Gasteiger partial charge in [0, 0.05) is 12.4 Å². The van der Waals surface area contributed by atoms with E-state index in [0.29, 0.717) is 5.92 Å². The molecule has 1 aliphatic carbocycles. The zero-order valence-corrected chi connectivity index (χ0v) is 12.2. The van der Waals surface area contributed by atoms with Crippen LogP contribution in [0.5, 0.6) is 0 Å². The highest BCUT2D eigenvalue weighted by atomic mass is 16.2. The summed E-state index contributed by atoms with van der Waals surface area (Å²) in [6, 6.07) is 3.40. The van der Waals surface area contributed by atoms with E-state index in [-0.39, 0.29) is 11.9 Å². The average Bonchev–Trinajstić information content (AvgIpc) is 2.49. The minimum atomic E-state index is -0.391. The molecular weight excluding hydrogens is 250 g/mol. The zero-order valence-electron chi connectivity index (χ0n) is 12.2. The molecule has 1 aromatic heterocycles. The van der Waals surface area contributed by atoms with E-state index in [1.807, 2.05) is 19.1 Å². The van der Waals surface area contributed by atoms with Crippen LogP contribution in [0.4, 0.5) is 0 Å². The summed E-state index contributed by atoms with van der Waals surface area (Å²) in [6.45, 7) is 1.96. The summed E-state index contributed by atoms with van der Waals surface area (Å²) in [7, 11) is 0. The van der Waals surface area contributed by atoms with Crippen LogP contribution in [0.15, 0.2) is 24.5 Å². The molecule has 1 aromatic rings. The fourth-order valence-electron chi connectivity index (χ4n) is 2.92. The van der Waals surface area contributed by atoms with Crippen molar-refractivity contribution in [2.24, 2.45) is 11.7 Å². The first-order valence-corrected chi connectivity index (χ1v) is 7.62. The molecule has 0 aliphatic heterocycles. The molecular formula is C16H25N3O. The summed E-state index contributed by atoms with van der Waals surface area (Å²) in [5, 5.41) is 2.98. The molecule has 1 fully saturated rings. The van der Waals surface area contributed by atoms with Crippen LogP contribution in [0.1, 0.15) is 57.1 Å². The Hall–Kier alpha value is -1.42. The number of amides is 1. The van der Waals surface area contributed by atoms with Crippen molar-refractivity contribution in [3.8, 4) is 0 Å². The topological polar surface area (TPSA) is 68.0 Å². The smallest absolute Gasteiger partial charge is 0.237 e. The van der Waals surface area contributed by atoms with Gasteiger partial charge in [0.15, 0.2) is 0 Å². The number of hydrogen-bond acceptors (Lipinski definition) is 3. The van der Waals surface area contributed by atoms with Crippen molar-refractivity contribution >= 4 is 5.91 Å². The molecule has 110 valence electrons. The second kappa shape index (κ2) is 7.39. The SMILES string of the molecule is CC(NC(=O)C(N)CC1CCCCC1)c1cccnc1. The predicted octanol–water partition coefficient (Wildman–Crippen LogP) is 2.56. The normalized spacial score (nSPS) is 19.3. The Balaban J connectivity index is 1.81. The van der Waals surface area contributed by atoms with Crippen LogP contribution < -0.4 is 11.1 Å². The van der Waals surface area contributed by atoms with Gasteiger partial charge in [0.2, 0.25) is 5.91 Å². The largest absolute Gasteiger partial charge is 0.348 e. The average molecular weight is 275 g/mol. The summed E-state index contributed by atoms with van der Waals surface area (Å²) in [4.78, 5) is 16.2. The summed E-state index contributed by atoms with van der Waals surface area (Å²) in [5.74, 6) is 0.574. The van der Waals surface area contributed by atoms with Crippen molar-refractivity contribution in [2.75, 3.05) is 0 Å². The summed E-state index contributed by atoms with van der Waals surface area (Å²) < 4.78 is 0. The Morgan fingerprint density at radius 3 is 2.85 bits per heavy atom. The molecule has 1 saturated carbocycles. The van der Waals surface area contributed by atoms with Crippen molar-refractivity contribution in [3.05, 3.63) is 30.1 Å². The van der Waals surface area contributed by atoms with Gasteiger partial charge in [0.05, 0.1) is 12.1 Å². The number of aromatic nitrogens is 1. The molecule has 0 aromatic carbocycles. The van der Waals surface area contributed by atoms with Crippen LogP contribution in [0.25, 0.3) is 0 Å². The molecule has 3 N–H and O–H groups in total. The third kappa shape index (κ3) is 4.30. The zero-order chi connectivity index (χ0) is 14.4. The van der Waals surface area contributed by atoms with Gasteiger partial charge < -0.3 is 11.1 Å². The molecule has 1 heterocycles. The third-order valence-electron chi connectivity index (χ3n) is 4.19. The third-order valence-corrected chi connectivity index (χ3v) is 4.19. The van der Waals surface area contributed by atoms with Crippen LogP contribution in [-0.4, -0.2) is 16.9 Å². The minimum absolute atomic E-state index is 0.0476. The van der Waals surface area contributed by atoms with Crippen LogP contribution in [0.2, 0.25) is 0 Å². The minimum Gasteiger partial charge on any atom is -0.348 e. The van der Waals surface area contributed by atoms with Gasteiger partial charge in [0.25, 0.3) is 0 Å². The molecule has 0 spiro atoms. The maximum atomic E-state index is 12.1. The molecule has 4 nitrogen and oxygen atoms in total. The van der Waals surface area contributed by atoms with E-state index < -0.39 is 6.04 Å². The van der Waals surface area contributed by atoms with E-state index in [1.54, 1.807) is 12.4 Å². The van der Waals surface area contributed by atoms with Crippen LogP contribution >= 0.6 is 0 Å². The summed E-state index contributed by atoms with van der Waals surface area (Å²) in [5.41, 5.74) is 7.05. The van der Waals surface area contributed by atoms with Gasteiger partial charge in [-0.1, -0.05) is 38.2 Å². The fraction of sp³-hybridized carbons (Fsp3) is 0.625. The monoisotopic (exact) mass is 275 g/mol. The highest BCUT2D eigenvalue weighted by Crippen LogP contribution is 2.27. The lowest BCUT2D eigenvalue weighted by atomic mass is 9.85. The fourth-order valence-corrected chi connectivity index (χ4v) is 2.92. The number of hydrogen-bond donors (Lipinski definition) is 2. The first-order valence-electron chi connectivity index (χ1n) is 7.62. The number of nitrogens with two attached hydrogens (primary N) is 1. The van der Waals surface area contributed by atoms with Gasteiger partial charge in [-0.15, -0.1) is 0 Å². The van der Waals surface area contributed by atoms with Crippen molar-refractivity contribution in [3.63, 3.8) is 0 Å². The Kier molecular flexibility index (Phi) is 5.53. The van der Waals surface area contributed by atoms with E-state index in [2.05, 4.69) is 10.3 Å². The van der Waals surface area contributed by atoms with Gasteiger partial charge in [-0.25, -0.2) is 0 Å². The van der Waals surface area contributed by atoms with E-state index in [0.717, 1.165) is 12.0 Å². The molecule has 0 radical (unpaired) electrons. The van der Waals surface area contributed by atoms with Crippen LogP contribution in [-0.2, 0) is 4.79 Å². The lowest BCUT2D eigenvalue weighted by Gasteiger charge is -2.25. The Bertz CT molecular complexity index is 415. The van der Waals surface area contributed by atoms with E-state index in [9.17, 15) is 4.79 Å². The number of nitrogens with one attached hydrogen (secondary N) is 1. The maximum absolute atomic E-state index is 12.1. The number of carbonyl (C=O) groups excluding carboxylic acids is 1. The van der Waals surface area contributed by atoms with Crippen molar-refractivity contribution in [1.29, 1.82) is 0 Å². The maximum Gasteiger partial charge on any atom is 0.237 e. The molecule has 20 heavy (non-hydrogen) atoms.